The number of rotatable bonds is 4. The second kappa shape index (κ2) is 4.52. The van der Waals surface area contributed by atoms with E-state index in [-0.39, 0.29) is 5.78 Å². The first-order valence-electron chi connectivity index (χ1n) is 4.06. The van der Waals surface area contributed by atoms with Crippen LogP contribution in [0, 0.1) is 0 Å². The van der Waals surface area contributed by atoms with Crippen molar-refractivity contribution in [2.45, 2.75) is 12.5 Å². The Bertz CT molecular complexity index is 295. The molecule has 1 aromatic heterocycles. The topological polar surface area (TPSA) is 56.0 Å². The molecule has 3 heteroatoms. The summed E-state index contributed by atoms with van der Waals surface area (Å²) in [5.41, 5.74) is 6.16. The molecule has 0 fully saturated rings. The van der Waals surface area contributed by atoms with Gasteiger partial charge in [-0.1, -0.05) is 6.08 Å². The van der Waals surface area contributed by atoms with Gasteiger partial charge < -0.3 is 5.73 Å². The van der Waals surface area contributed by atoms with Crippen LogP contribution in [0.5, 0.6) is 0 Å². The average Bonchev–Trinajstić information content (AvgIpc) is 2.18. The van der Waals surface area contributed by atoms with Crippen molar-refractivity contribution >= 4 is 5.78 Å². The summed E-state index contributed by atoms with van der Waals surface area (Å²) in [6.45, 7) is 3.53. The van der Waals surface area contributed by atoms with Gasteiger partial charge in [-0.05, 0) is 18.6 Å². The minimum absolute atomic E-state index is 0.0898. The molecule has 0 amide bonds. The number of ketones is 1. The number of pyridine rings is 1. The summed E-state index contributed by atoms with van der Waals surface area (Å²) in [6, 6.07) is 2.92. The van der Waals surface area contributed by atoms with Gasteiger partial charge in [-0.15, -0.1) is 6.58 Å². The minimum Gasteiger partial charge on any atom is -0.321 e. The second-order valence-electron chi connectivity index (χ2n) is 2.74. The van der Waals surface area contributed by atoms with Crippen LogP contribution in [-0.4, -0.2) is 16.8 Å². The van der Waals surface area contributed by atoms with Crippen LogP contribution in [-0.2, 0) is 0 Å². The Kier molecular flexibility index (Phi) is 3.34. The SMILES string of the molecule is C=CCC(N)C(=O)c1cccnc1. The monoisotopic (exact) mass is 176 g/mol. The van der Waals surface area contributed by atoms with Crippen LogP contribution in [0.2, 0.25) is 0 Å². The molecule has 13 heavy (non-hydrogen) atoms. The zero-order chi connectivity index (χ0) is 9.68. The third-order valence-electron chi connectivity index (χ3n) is 1.70. The van der Waals surface area contributed by atoms with E-state index < -0.39 is 6.04 Å². The van der Waals surface area contributed by atoms with Gasteiger partial charge >= 0.3 is 0 Å². The van der Waals surface area contributed by atoms with Crippen LogP contribution in [0.3, 0.4) is 0 Å². The van der Waals surface area contributed by atoms with E-state index in [1.54, 1.807) is 24.4 Å². The van der Waals surface area contributed by atoms with Crippen LogP contribution < -0.4 is 5.73 Å². The third-order valence-corrected chi connectivity index (χ3v) is 1.70. The molecule has 0 saturated heterocycles. The number of carbonyl (C=O) groups excluding carboxylic acids is 1. The van der Waals surface area contributed by atoms with Crippen molar-refractivity contribution in [3.8, 4) is 0 Å². The van der Waals surface area contributed by atoms with Crippen LogP contribution in [0.1, 0.15) is 16.8 Å². The summed E-state index contributed by atoms with van der Waals surface area (Å²) < 4.78 is 0. The van der Waals surface area contributed by atoms with Gasteiger partial charge in [-0.25, -0.2) is 0 Å². The Morgan fingerprint density at radius 3 is 3.08 bits per heavy atom. The Labute approximate surface area is 77.3 Å². The molecule has 0 aromatic carbocycles. The molecule has 2 N–H and O–H groups in total. The lowest BCUT2D eigenvalue weighted by Gasteiger charge is -2.06. The molecule has 0 spiro atoms. The highest BCUT2D eigenvalue weighted by atomic mass is 16.1. The lowest BCUT2D eigenvalue weighted by atomic mass is 10.0. The molecule has 0 aliphatic heterocycles. The van der Waals surface area contributed by atoms with Gasteiger partial charge in [0.05, 0.1) is 6.04 Å². The molecule has 1 heterocycles. The summed E-state index contributed by atoms with van der Waals surface area (Å²) in [4.78, 5) is 15.4. The Morgan fingerprint density at radius 1 is 1.77 bits per heavy atom. The molecular formula is C10H12N2O. The van der Waals surface area contributed by atoms with E-state index in [0.717, 1.165) is 0 Å². The number of hydrogen-bond donors (Lipinski definition) is 1. The van der Waals surface area contributed by atoms with Crippen molar-refractivity contribution in [1.29, 1.82) is 0 Å². The molecule has 0 radical (unpaired) electrons. The van der Waals surface area contributed by atoms with E-state index in [0.29, 0.717) is 12.0 Å². The maximum absolute atomic E-state index is 11.5. The van der Waals surface area contributed by atoms with Crippen molar-refractivity contribution in [1.82, 2.24) is 4.98 Å². The number of carbonyl (C=O) groups is 1. The van der Waals surface area contributed by atoms with Crippen LogP contribution in [0.25, 0.3) is 0 Å². The Morgan fingerprint density at radius 2 is 2.54 bits per heavy atom. The van der Waals surface area contributed by atoms with Crippen LogP contribution in [0.4, 0.5) is 0 Å². The first-order valence-corrected chi connectivity index (χ1v) is 4.06. The number of Topliss-reactive ketones (excluding diaryl/α,β-unsaturated/α-hetero) is 1. The molecule has 0 aliphatic carbocycles. The smallest absolute Gasteiger partial charge is 0.181 e. The normalized spacial score (nSPS) is 12.1. The molecule has 0 aliphatic rings. The Hall–Kier alpha value is -1.48. The van der Waals surface area contributed by atoms with Crippen molar-refractivity contribution in [2.24, 2.45) is 5.73 Å². The van der Waals surface area contributed by atoms with Crippen LogP contribution in [0.15, 0.2) is 37.2 Å². The highest BCUT2D eigenvalue weighted by Crippen LogP contribution is 2.02. The summed E-state index contributed by atoms with van der Waals surface area (Å²) in [7, 11) is 0. The highest BCUT2D eigenvalue weighted by Gasteiger charge is 2.13. The van der Waals surface area contributed by atoms with E-state index in [4.69, 9.17) is 5.73 Å². The predicted octanol–water partition coefficient (Wildman–Crippen LogP) is 1.17. The van der Waals surface area contributed by atoms with E-state index >= 15 is 0 Å². The fraction of sp³-hybridized carbons (Fsp3) is 0.200. The highest BCUT2D eigenvalue weighted by molar-refractivity contribution is 5.99. The van der Waals surface area contributed by atoms with Crippen molar-refractivity contribution in [3.05, 3.63) is 42.7 Å². The summed E-state index contributed by atoms with van der Waals surface area (Å²) >= 11 is 0. The first-order chi connectivity index (χ1) is 6.25. The first kappa shape index (κ1) is 9.61. The van der Waals surface area contributed by atoms with E-state index in [1.165, 1.54) is 6.20 Å². The predicted molar refractivity (Wildman–Crippen MR) is 51.4 cm³/mol. The summed E-state index contributed by atoms with van der Waals surface area (Å²) in [5, 5.41) is 0. The number of aromatic nitrogens is 1. The number of nitrogens with two attached hydrogens (primary N) is 1. The lowest BCUT2D eigenvalue weighted by molar-refractivity contribution is 0.0961. The van der Waals surface area contributed by atoms with Gasteiger partial charge in [-0.2, -0.15) is 0 Å². The van der Waals surface area contributed by atoms with Gasteiger partial charge in [0.2, 0.25) is 0 Å². The minimum atomic E-state index is -0.498. The maximum Gasteiger partial charge on any atom is 0.181 e. The van der Waals surface area contributed by atoms with E-state index in [1.807, 2.05) is 0 Å². The van der Waals surface area contributed by atoms with Gasteiger partial charge in [0.25, 0.3) is 0 Å². The molecular weight excluding hydrogens is 164 g/mol. The zero-order valence-electron chi connectivity index (χ0n) is 7.31. The Balaban J connectivity index is 2.73. The number of nitrogens with zero attached hydrogens (tertiary/aromatic N) is 1. The second-order valence-corrected chi connectivity index (χ2v) is 2.74. The zero-order valence-corrected chi connectivity index (χ0v) is 7.31. The largest absolute Gasteiger partial charge is 0.321 e. The molecule has 1 unspecified atom stereocenters. The van der Waals surface area contributed by atoms with Crippen molar-refractivity contribution in [2.75, 3.05) is 0 Å². The molecule has 3 nitrogen and oxygen atoms in total. The van der Waals surface area contributed by atoms with Crippen molar-refractivity contribution < 1.29 is 4.79 Å². The van der Waals surface area contributed by atoms with Crippen LogP contribution >= 0.6 is 0 Å². The van der Waals surface area contributed by atoms with Crippen molar-refractivity contribution in [3.63, 3.8) is 0 Å². The molecule has 1 atom stereocenters. The molecule has 0 bridgehead atoms. The lowest BCUT2D eigenvalue weighted by Crippen LogP contribution is -2.29. The summed E-state index contributed by atoms with van der Waals surface area (Å²) in [6.07, 6.45) is 5.27. The molecule has 1 aromatic rings. The van der Waals surface area contributed by atoms with Gasteiger partial charge in [-0.3, -0.25) is 9.78 Å². The molecule has 1 rings (SSSR count). The fourth-order valence-electron chi connectivity index (χ4n) is 1.01. The van der Waals surface area contributed by atoms with Gasteiger partial charge in [0.15, 0.2) is 5.78 Å². The van der Waals surface area contributed by atoms with E-state index in [2.05, 4.69) is 11.6 Å². The summed E-state index contributed by atoms with van der Waals surface area (Å²) in [5.74, 6) is -0.0898. The van der Waals surface area contributed by atoms with Gasteiger partial charge in [0.1, 0.15) is 0 Å². The average molecular weight is 176 g/mol. The quantitative estimate of drug-likeness (QED) is 0.553. The van der Waals surface area contributed by atoms with Gasteiger partial charge in [0, 0.05) is 18.0 Å². The third kappa shape index (κ3) is 2.49. The fourth-order valence-corrected chi connectivity index (χ4v) is 1.01. The maximum atomic E-state index is 11.5. The molecule has 68 valence electrons. The standard InChI is InChI=1S/C10H12N2O/c1-2-4-9(11)10(13)8-5-3-6-12-7-8/h2-3,5-7,9H,1,4,11H2. The number of hydrogen-bond acceptors (Lipinski definition) is 3. The van der Waals surface area contributed by atoms with E-state index in [9.17, 15) is 4.79 Å². The molecule has 0 saturated carbocycles.